The van der Waals surface area contributed by atoms with Gasteiger partial charge in [-0.3, -0.25) is 5.43 Å². The van der Waals surface area contributed by atoms with Crippen LogP contribution in [0.25, 0.3) is 5.69 Å². The lowest BCUT2D eigenvalue weighted by atomic mass is 10.2. The minimum absolute atomic E-state index is 0.00317. The Kier molecular flexibility index (Phi) is 4.27. The lowest BCUT2D eigenvalue weighted by molar-refractivity contribution is -0.137. The smallest absolute Gasteiger partial charge is 0.375 e. The molecule has 2 aromatic rings. The van der Waals surface area contributed by atoms with E-state index in [9.17, 15) is 13.2 Å². The Bertz CT molecular complexity index is 676. The first-order chi connectivity index (χ1) is 9.88. The molecule has 0 unspecified atom stereocenters. The molecule has 1 heterocycles. The average molecular weight is 312 g/mol. The van der Waals surface area contributed by atoms with Crippen LogP contribution in [0, 0.1) is 0 Å². The number of nitrogens with two attached hydrogens (primary N) is 1. The molecule has 0 atom stereocenters. The Balaban J connectivity index is 2.33. The van der Waals surface area contributed by atoms with Crippen LogP contribution in [0.3, 0.4) is 0 Å². The first-order valence-electron chi connectivity index (χ1n) is 5.81. The van der Waals surface area contributed by atoms with Crippen LogP contribution in [-0.4, -0.2) is 15.9 Å². The molecule has 1 aromatic carbocycles. The number of hydrogen-bond acceptors (Lipinski definition) is 2. The molecule has 3 N–H and O–H groups in total. The zero-order chi connectivity index (χ0) is 15.5. The normalized spacial score (nSPS) is 11.8. The van der Waals surface area contributed by atoms with Crippen LogP contribution in [0.2, 0.25) is 0 Å². The van der Waals surface area contributed by atoms with E-state index in [1.165, 1.54) is 12.3 Å². The predicted octanol–water partition coefficient (Wildman–Crippen LogP) is 2.66. The van der Waals surface area contributed by atoms with Gasteiger partial charge in [0, 0.05) is 11.9 Å². The Morgan fingerprint density at radius 1 is 1.29 bits per heavy atom. The molecule has 0 radical (unpaired) electrons. The van der Waals surface area contributed by atoms with E-state index in [1.807, 2.05) is 0 Å². The van der Waals surface area contributed by atoms with Crippen molar-refractivity contribution in [1.82, 2.24) is 9.99 Å². The summed E-state index contributed by atoms with van der Waals surface area (Å²) in [6.45, 7) is 0. The van der Waals surface area contributed by atoms with Crippen LogP contribution < -0.4 is 11.2 Å². The monoisotopic (exact) mass is 312 g/mol. The van der Waals surface area contributed by atoms with Crippen molar-refractivity contribution in [1.29, 1.82) is 0 Å². The van der Waals surface area contributed by atoms with Gasteiger partial charge in [0.25, 0.3) is 0 Å². The Morgan fingerprint density at radius 3 is 2.71 bits per heavy atom. The van der Waals surface area contributed by atoms with E-state index in [0.717, 1.165) is 12.1 Å². The molecule has 0 saturated heterocycles. The maximum atomic E-state index is 12.7. The minimum atomic E-state index is -4.38. The molecule has 0 saturated carbocycles. The molecule has 0 amide bonds. The third kappa shape index (κ3) is 3.82. The van der Waals surface area contributed by atoms with E-state index in [4.69, 9.17) is 5.73 Å². The van der Waals surface area contributed by atoms with Crippen LogP contribution in [0.4, 0.5) is 13.2 Å². The van der Waals surface area contributed by atoms with Gasteiger partial charge in [0.1, 0.15) is 0 Å². The van der Waals surface area contributed by atoms with E-state index in [2.05, 4.69) is 22.7 Å². The van der Waals surface area contributed by atoms with Crippen molar-refractivity contribution in [2.45, 2.75) is 6.18 Å². The molecule has 0 aliphatic heterocycles. The van der Waals surface area contributed by atoms with Gasteiger partial charge in [-0.25, -0.2) is 0 Å². The van der Waals surface area contributed by atoms with Gasteiger partial charge in [-0.1, -0.05) is 6.07 Å². The summed E-state index contributed by atoms with van der Waals surface area (Å²) < 4.78 is 39.8. The Morgan fingerprint density at radius 2 is 2.05 bits per heavy atom. The Labute approximate surface area is 124 Å². The molecule has 0 aliphatic rings. The number of thiocarbonyl (C=S) groups is 1. The number of rotatable bonds is 3. The molecule has 0 fully saturated rings. The largest absolute Gasteiger partial charge is 0.416 e. The van der Waals surface area contributed by atoms with Crippen molar-refractivity contribution in [3.05, 3.63) is 53.9 Å². The van der Waals surface area contributed by atoms with Gasteiger partial charge >= 0.3 is 6.18 Å². The van der Waals surface area contributed by atoms with Gasteiger partial charge in [0.15, 0.2) is 5.11 Å². The second kappa shape index (κ2) is 5.96. The highest BCUT2D eigenvalue weighted by Crippen LogP contribution is 2.30. The van der Waals surface area contributed by atoms with Crippen molar-refractivity contribution in [2.75, 3.05) is 0 Å². The van der Waals surface area contributed by atoms with E-state index in [0.29, 0.717) is 11.4 Å². The fourth-order valence-electron chi connectivity index (χ4n) is 1.73. The summed E-state index contributed by atoms with van der Waals surface area (Å²) >= 11 is 4.60. The summed E-state index contributed by atoms with van der Waals surface area (Å²) in [6, 6.07) is 8.42. The lowest BCUT2D eigenvalue weighted by Crippen LogP contribution is -2.24. The quantitative estimate of drug-likeness (QED) is 0.520. The standard InChI is InChI=1S/C13H11F3N4S/c14-13(15,16)9-3-1-4-10(7-9)20-6-2-5-11(20)8-18-19-12(17)21/h1-8H,(H3,17,19,21). The van der Waals surface area contributed by atoms with Crippen LogP contribution in [0.15, 0.2) is 47.7 Å². The predicted molar refractivity (Wildman–Crippen MR) is 78.3 cm³/mol. The minimum Gasteiger partial charge on any atom is -0.375 e. The zero-order valence-electron chi connectivity index (χ0n) is 10.6. The first kappa shape index (κ1) is 15.0. The maximum Gasteiger partial charge on any atom is 0.416 e. The third-order valence-corrected chi connectivity index (χ3v) is 2.69. The highest BCUT2D eigenvalue weighted by molar-refractivity contribution is 7.80. The fourth-order valence-corrected chi connectivity index (χ4v) is 1.78. The van der Waals surface area contributed by atoms with Crippen LogP contribution in [0.1, 0.15) is 11.3 Å². The van der Waals surface area contributed by atoms with Crippen molar-refractivity contribution >= 4 is 23.5 Å². The van der Waals surface area contributed by atoms with Gasteiger partial charge in [-0.2, -0.15) is 18.3 Å². The van der Waals surface area contributed by atoms with Crippen molar-refractivity contribution in [3.8, 4) is 5.69 Å². The van der Waals surface area contributed by atoms with E-state index < -0.39 is 11.7 Å². The summed E-state index contributed by atoms with van der Waals surface area (Å²) in [5.74, 6) is 0. The van der Waals surface area contributed by atoms with E-state index in [-0.39, 0.29) is 5.11 Å². The molecule has 2 rings (SSSR count). The lowest BCUT2D eigenvalue weighted by Gasteiger charge is -2.10. The van der Waals surface area contributed by atoms with Crippen LogP contribution >= 0.6 is 12.2 Å². The topological polar surface area (TPSA) is 55.3 Å². The molecule has 8 heteroatoms. The number of hydrazone groups is 1. The third-order valence-electron chi connectivity index (χ3n) is 2.60. The van der Waals surface area contributed by atoms with Crippen LogP contribution in [-0.2, 0) is 6.18 Å². The van der Waals surface area contributed by atoms with Crippen LogP contribution in [0.5, 0.6) is 0 Å². The SMILES string of the molecule is NC(=S)NN=Cc1cccn1-c1cccc(C(F)(F)F)c1. The molecule has 4 nitrogen and oxygen atoms in total. The second-order valence-electron chi connectivity index (χ2n) is 4.09. The van der Waals surface area contributed by atoms with Gasteiger partial charge in [-0.15, -0.1) is 0 Å². The Hall–Kier alpha value is -2.35. The molecule has 0 bridgehead atoms. The summed E-state index contributed by atoms with van der Waals surface area (Å²) in [6.07, 6.45) is -1.33. The van der Waals surface area contributed by atoms with Crippen molar-refractivity contribution in [3.63, 3.8) is 0 Å². The first-order valence-corrected chi connectivity index (χ1v) is 6.22. The highest BCUT2D eigenvalue weighted by Gasteiger charge is 2.30. The molecule has 21 heavy (non-hydrogen) atoms. The molecule has 0 spiro atoms. The summed E-state index contributed by atoms with van der Waals surface area (Å²) in [7, 11) is 0. The summed E-state index contributed by atoms with van der Waals surface area (Å²) in [4.78, 5) is 0. The molecular formula is C13H11F3N4S. The number of alkyl halides is 3. The van der Waals surface area contributed by atoms with Gasteiger partial charge < -0.3 is 10.3 Å². The number of hydrogen-bond donors (Lipinski definition) is 2. The second-order valence-corrected chi connectivity index (χ2v) is 4.53. The van der Waals surface area contributed by atoms with Gasteiger partial charge in [0.05, 0.1) is 17.5 Å². The average Bonchev–Trinajstić information content (AvgIpc) is 2.86. The molecule has 1 aromatic heterocycles. The highest BCUT2D eigenvalue weighted by atomic mass is 32.1. The molecular weight excluding hydrogens is 301 g/mol. The summed E-state index contributed by atoms with van der Waals surface area (Å²) in [5, 5.41) is 3.79. The number of nitrogens with one attached hydrogen (secondary N) is 1. The van der Waals surface area contributed by atoms with Gasteiger partial charge in [0.2, 0.25) is 0 Å². The van der Waals surface area contributed by atoms with Crippen molar-refractivity contribution < 1.29 is 13.2 Å². The number of nitrogens with zero attached hydrogens (tertiary/aromatic N) is 2. The number of benzene rings is 1. The van der Waals surface area contributed by atoms with Crippen molar-refractivity contribution in [2.24, 2.45) is 10.8 Å². The summed E-state index contributed by atoms with van der Waals surface area (Å²) in [5.41, 5.74) is 7.86. The molecule has 110 valence electrons. The van der Waals surface area contributed by atoms with E-state index in [1.54, 1.807) is 29.0 Å². The van der Waals surface area contributed by atoms with Gasteiger partial charge in [-0.05, 0) is 42.5 Å². The molecule has 0 aliphatic carbocycles. The zero-order valence-corrected chi connectivity index (χ0v) is 11.4. The van der Waals surface area contributed by atoms with E-state index >= 15 is 0 Å². The fraction of sp³-hybridized carbons (Fsp3) is 0.0769. The number of halogens is 3. The number of aromatic nitrogens is 1. The maximum absolute atomic E-state index is 12.7.